The van der Waals surface area contributed by atoms with Gasteiger partial charge in [0.1, 0.15) is 11.4 Å². The highest BCUT2D eigenvalue weighted by Crippen LogP contribution is 2.21. The van der Waals surface area contributed by atoms with Crippen LogP contribution in [-0.4, -0.2) is 55.5 Å². The SMILES string of the molecule is CCC(=O)c1ccc(OCC(=O)NNC(=O)c2csc(N3CCOCC3)n2)cc1. The topological polar surface area (TPSA) is 110 Å². The van der Waals surface area contributed by atoms with E-state index in [1.807, 2.05) is 0 Å². The molecule has 2 heterocycles. The fourth-order valence-corrected chi connectivity index (χ4v) is 3.44. The summed E-state index contributed by atoms with van der Waals surface area (Å²) in [6, 6.07) is 6.54. The third-order valence-electron chi connectivity index (χ3n) is 4.19. The fourth-order valence-electron chi connectivity index (χ4n) is 2.59. The van der Waals surface area contributed by atoms with E-state index in [-0.39, 0.29) is 18.1 Å². The first-order chi connectivity index (χ1) is 14.1. The van der Waals surface area contributed by atoms with Gasteiger partial charge in [-0.3, -0.25) is 25.2 Å². The number of amides is 2. The van der Waals surface area contributed by atoms with Gasteiger partial charge in [0.15, 0.2) is 17.5 Å². The van der Waals surface area contributed by atoms with Crippen molar-refractivity contribution >= 4 is 34.1 Å². The number of aromatic nitrogens is 1. The number of morpholine rings is 1. The molecule has 10 heteroatoms. The Kier molecular flexibility index (Phi) is 7.14. The summed E-state index contributed by atoms with van der Waals surface area (Å²) in [7, 11) is 0. The van der Waals surface area contributed by atoms with Crippen molar-refractivity contribution in [2.75, 3.05) is 37.8 Å². The minimum absolute atomic E-state index is 0.0378. The van der Waals surface area contributed by atoms with Crippen molar-refractivity contribution in [3.63, 3.8) is 0 Å². The van der Waals surface area contributed by atoms with Crippen LogP contribution in [0.3, 0.4) is 0 Å². The minimum atomic E-state index is -0.518. The van der Waals surface area contributed by atoms with Gasteiger partial charge in [0.05, 0.1) is 13.2 Å². The maximum Gasteiger partial charge on any atom is 0.289 e. The van der Waals surface area contributed by atoms with Crippen LogP contribution in [0.25, 0.3) is 0 Å². The van der Waals surface area contributed by atoms with E-state index < -0.39 is 11.8 Å². The largest absolute Gasteiger partial charge is 0.484 e. The van der Waals surface area contributed by atoms with Gasteiger partial charge >= 0.3 is 0 Å². The zero-order valence-electron chi connectivity index (χ0n) is 16.0. The summed E-state index contributed by atoms with van der Waals surface area (Å²) in [4.78, 5) is 42.0. The summed E-state index contributed by atoms with van der Waals surface area (Å²) < 4.78 is 10.6. The molecule has 9 nitrogen and oxygen atoms in total. The molecular weight excluding hydrogens is 396 g/mol. The summed E-state index contributed by atoms with van der Waals surface area (Å²) in [5, 5.41) is 2.39. The highest BCUT2D eigenvalue weighted by atomic mass is 32.1. The van der Waals surface area contributed by atoms with Crippen LogP contribution in [0, 0.1) is 0 Å². The smallest absolute Gasteiger partial charge is 0.289 e. The number of hydrogen-bond acceptors (Lipinski definition) is 8. The average molecular weight is 418 g/mol. The van der Waals surface area contributed by atoms with E-state index in [9.17, 15) is 14.4 Å². The van der Waals surface area contributed by atoms with E-state index in [2.05, 4.69) is 20.7 Å². The number of ketones is 1. The van der Waals surface area contributed by atoms with Crippen LogP contribution in [0.15, 0.2) is 29.6 Å². The summed E-state index contributed by atoms with van der Waals surface area (Å²) in [6.07, 6.45) is 0.426. The Bertz CT molecular complexity index is 862. The van der Waals surface area contributed by atoms with Gasteiger partial charge in [-0.15, -0.1) is 11.3 Å². The van der Waals surface area contributed by atoms with Crippen molar-refractivity contribution in [2.45, 2.75) is 13.3 Å². The Morgan fingerprint density at radius 2 is 1.90 bits per heavy atom. The van der Waals surface area contributed by atoms with Crippen molar-refractivity contribution in [3.05, 3.63) is 40.9 Å². The number of benzene rings is 1. The second-order valence-corrected chi connectivity index (χ2v) is 7.04. The van der Waals surface area contributed by atoms with Crippen LogP contribution in [-0.2, 0) is 9.53 Å². The van der Waals surface area contributed by atoms with Crippen molar-refractivity contribution < 1.29 is 23.9 Å². The van der Waals surface area contributed by atoms with Gasteiger partial charge in [-0.25, -0.2) is 4.98 Å². The van der Waals surface area contributed by atoms with Gasteiger partial charge in [-0.05, 0) is 24.3 Å². The number of rotatable bonds is 7. The number of Topliss-reactive ketones (excluding diaryl/α,β-unsaturated/α-hetero) is 1. The van der Waals surface area contributed by atoms with Gasteiger partial charge in [-0.2, -0.15) is 0 Å². The third-order valence-corrected chi connectivity index (χ3v) is 5.09. The van der Waals surface area contributed by atoms with Crippen LogP contribution >= 0.6 is 11.3 Å². The molecule has 1 fully saturated rings. The molecule has 154 valence electrons. The van der Waals surface area contributed by atoms with Crippen molar-refractivity contribution in [2.24, 2.45) is 0 Å². The first-order valence-corrected chi connectivity index (χ1v) is 10.1. The predicted molar refractivity (Wildman–Crippen MR) is 107 cm³/mol. The minimum Gasteiger partial charge on any atom is -0.484 e. The lowest BCUT2D eigenvalue weighted by molar-refractivity contribution is -0.123. The Labute approximate surface area is 172 Å². The van der Waals surface area contributed by atoms with E-state index in [1.54, 1.807) is 36.6 Å². The summed E-state index contributed by atoms with van der Waals surface area (Å²) >= 11 is 1.37. The van der Waals surface area contributed by atoms with E-state index in [0.29, 0.717) is 30.9 Å². The van der Waals surface area contributed by atoms with E-state index in [4.69, 9.17) is 9.47 Å². The molecule has 0 atom stereocenters. The Morgan fingerprint density at radius 1 is 1.17 bits per heavy atom. The molecular formula is C19H22N4O5S. The molecule has 1 aliphatic heterocycles. The van der Waals surface area contributed by atoms with Crippen molar-refractivity contribution in [3.8, 4) is 5.75 Å². The zero-order chi connectivity index (χ0) is 20.6. The molecule has 29 heavy (non-hydrogen) atoms. The predicted octanol–water partition coefficient (Wildman–Crippen LogP) is 1.41. The van der Waals surface area contributed by atoms with Crippen molar-refractivity contribution in [1.29, 1.82) is 0 Å². The van der Waals surface area contributed by atoms with Crippen LogP contribution in [0.4, 0.5) is 5.13 Å². The highest BCUT2D eigenvalue weighted by Gasteiger charge is 2.17. The van der Waals surface area contributed by atoms with Crippen LogP contribution in [0.2, 0.25) is 0 Å². The van der Waals surface area contributed by atoms with Crippen molar-refractivity contribution in [1.82, 2.24) is 15.8 Å². The molecule has 0 bridgehead atoms. The zero-order valence-corrected chi connectivity index (χ0v) is 16.8. The Balaban J connectivity index is 1.42. The molecule has 1 aliphatic rings. The Hall–Kier alpha value is -2.98. The maximum absolute atomic E-state index is 12.2. The van der Waals surface area contributed by atoms with Gasteiger partial charge in [0.2, 0.25) is 0 Å². The lowest BCUT2D eigenvalue weighted by Crippen LogP contribution is -2.44. The maximum atomic E-state index is 12.2. The summed E-state index contributed by atoms with van der Waals surface area (Å²) in [5.41, 5.74) is 5.44. The molecule has 0 saturated carbocycles. The number of carbonyl (C=O) groups excluding carboxylic acids is 3. The molecule has 0 unspecified atom stereocenters. The molecule has 0 radical (unpaired) electrons. The number of nitrogens with one attached hydrogen (secondary N) is 2. The fraction of sp³-hybridized carbons (Fsp3) is 0.368. The molecule has 2 amide bonds. The molecule has 2 aromatic rings. The van der Waals surface area contributed by atoms with E-state index >= 15 is 0 Å². The lowest BCUT2D eigenvalue weighted by Gasteiger charge is -2.25. The quantitative estimate of drug-likeness (QED) is 0.517. The number of thiazole rings is 1. The van der Waals surface area contributed by atoms with Crippen LogP contribution in [0.1, 0.15) is 34.2 Å². The number of ether oxygens (including phenoxy) is 2. The highest BCUT2D eigenvalue weighted by molar-refractivity contribution is 7.13. The molecule has 1 saturated heterocycles. The van der Waals surface area contributed by atoms with Crippen LogP contribution in [0.5, 0.6) is 5.75 Å². The normalized spacial score (nSPS) is 13.6. The van der Waals surface area contributed by atoms with Gasteiger partial charge < -0.3 is 14.4 Å². The Morgan fingerprint density at radius 3 is 2.59 bits per heavy atom. The first kappa shape index (κ1) is 20.7. The van der Waals surface area contributed by atoms with Crippen LogP contribution < -0.4 is 20.5 Å². The first-order valence-electron chi connectivity index (χ1n) is 9.20. The summed E-state index contributed by atoms with van der Waals surface area (Å²) in [6.45, 7) is 4.24. The molecule has 3 rings (SSSR count). The monoisotopic (exact) mass is 418 g/mol. The number of anilines is 1. The standard InChI is InChI=1S/C19H22N4O5S/c1-2-16(24)13-3-5-14(6-4-13)28-11-17(25)21-22-18(26)15-12-29-19(20-15)23-7-9-27-10-8-23/h3-6,12H,2,7-11H2,1H3,(H,21,25)(H,22,26). The molecule has 1 aromatic heterocycles. The second-order valence-electron chi connectivity index (χ2n) is 6.21. The molecule has 2 N–H and O–H groups in total. The molecule has 1 aromatic carbocycles. The average Bonchev–Trinajstić information content (AvgIpc) is 3.27. The number of carbonyl (C=O) groups is 3. The van der Waals surface area contributed by atoms with E-state index in [0.717, 1.165) is 18.2 Å². The van der Waals surface area contributed by atoms with Gasteiger partial charge in [0, 0.05) is 30.5 Å². The number of hydrogen-bond donors (Lipinski definition) is 2. The van der Waals surface area contributed by atoms with Gasteiger partial charge in [0.25, 0.3) is 11.8 Å². The third kappa shape index (κ3) is 5.75. The lowest BCUT2D eigenvalue weighted by atomic mass is 10.1. The number of nitrogens with zero attached hydrogens (tertiary/aromatic N) is 2. The number of hydrazine groups is 1. The molecule has 0 aliphatic carbocycles. The molecule has 0 spiro atoms. The summed E-state index contributed by atoms with van der Waals surface area (Å²) in [5.74, 6) is -0.531. The van der Waals surface area contributed by atoms with E-state index in [1.165, 1.54) is 11.3 Å². The van der Waals surface area contributed by atoms with Gasteiger partial charge in [-0.1, -0.05) is 6.92 Å². The second kappa shape index (κ2) is 9.99.